The van der Waals surface area contributed by atoms with Crippen molar-refractivity contribution in [3.8, 4) is 0 Å². The van der Waals surface area contributed by atoms with Gasteiger partial charge < -0.3 is 14.3 Å². The molecule has 1 amide bonds. The molecule has 4 aromatic rings. The van der Waals surface area contributed by atoms with Crippen LogP contribution in [-0.4, -0.2) is 15.8 Å². The molecule has 0 spiro atoms. The summed E-state index contributed by atoms with van der Waals surface area (Å²) in [5.41, 5.74) is 2.76. The highest BCUT2D eigenvalue weighted by Gasteiger charge is 2.20. The number of nitrogens with zero attached hydrogens (tertiary/aromatic N) is 1. The van der Waals surface area contributed by atoms with E-state index in [9.17, 15) is 14.0 Å². The molecule has 0 aliphatic heterocycles. The number of nitrogens with one attached hydrogen (secondary N) is 1. The van der Waals surface area contributed by atoms with Gasteiger partial charge in [-0.25, -0.2) is 4.39 Å². The van der Waals surface area contributed by atoms with Crippen molar-refractivity contribution < 1.29 is 13.6 Å². The van der Waals surface area contributed by atoms with Crippen LogP contribution in [0, 0.1) is 12.7 Å². The zero-order valence-electron chi connectivity index (χ0n) is 15.8. The molecule has 0 fully saturated rings. The Bertz CT molecular complexity index is 1210. The maximum atomic E-state index is 13.2. The number of carbonyl (C=O) groups is 1. The van der Waals surface area contributed by atoms with Crippen LogP contribution in [0.5, 0.6) is 0 Å². The van der Waals surface area contributed by atoms with Gasteiger partial charge in [-0.2, -0.15) is 0 Å². The molecule has 0 aliphatic rings. The zero-order chi connectivity index (χ0) is 20.4. The number of amides is 1. The second kappa shape index (κ2) is 7.75. The average molecular weight is 390 g/mol. The molecule has 0 radical (unpaired) electrons. The molecular weight excluding hydrogens is 371 g/mol. The van der Waals surface area contributed by atoms with Crippen LogP contribution in [0.2, 0.25) is 0 Å². The lowest BCUT2D eigenvalue weighted by Gasteiger charge is -2.22. The highest BCUT2D eigenvalue weighted by Crippen LogP contribution is 2.17. The maximum Gasteiger partial charge on any atom is 0.290 e. The van der Waals surface area contributed by atoms with Gasteiger partial charge in [0.05, 0.1) is 12.8 Å². The lowest BCUT2D eigenvalue weighted by molar-refractivity contribution is 0.0697. The number of benzene rings is 2. The molecule has 29 heavy (non-hydrogen) atoms. The lowest BCUT2D eigenvalue weighted by atomic mass is 10.1. The third kappa shape index (κ3) is 4.11. The number of hydrogen-bond acceptors (Lipinski definition) is 3. The van der Waals surface area contributed by atoms with E-state index in [1.54, 1.807) is 30.3 Å². The number of furan rings is 1. The minimum atomic E-state index is -0.348. The number of aryl methyl sites for hydroxylation is 1. The third-order valence-electron chi connectivity index (χ3n) is 4.75. The number of hydrogen-bond donors (Lipinski definition) is 1. The predicted molar refractivity (Wildman–Crippen MR) is 108 cm³/mol. The maximum absolute atomic E-state index is 13.2. The molecule has 146 valence electrons. The van der Waals surface area contributed by atoms with Gasteiger partial charge in [-0.05, 0) is 59.8 Å². The molecule has 1 N–H and O–H groups in total. The van der Waals surface area contributed by atoms with Gasteiger partial charge in [0.2, 0.25) is 0 Å². The lowest BCUT2D eigenvalue weighted by Crippen LogP contribution is -2.32. The highest BCUT2D eigenvalue weighted by molar-refractivity contribution is 5.91. The van der Waals surface area contributed by atoms with Crippen molar-refractivity contribution in [3.05, 3.63) is 106 Å². The van der Waals surface area contributed by atoms with Gasteiger partial charge in [-0.1, -0.05) is 24.3 Å². The number of halogens is 1. The molecular formula is C23H19FN2O3. The van der Waals surface area contributed by atoms with Gasteiger partial charge in [0.1, 0.15) is 5.82 Å². The number of aromatic amines is 1. The Kier molecular flexibility index (Phi) is 4.99. The fraction of sp³-hybridized carbons (Fsp3) is 0.130. The standard InChI is InChI=1S/C23H19FN2O3/c1-15-4-7-17-12-18(22(27)25-20(17)11-15)14-26(23(28)21-3-2-10-29-21)13-16-5-8-19(24)9-6-16/h2-12H,13-14H2,1H3,(H,25,27). The van der Waals surface area contributed by atoms with Gasteiger partial charge in [0, 0.05) is 17.6 Å². The van der Waals surface area contributed by atoms with Crippen LogP contribution in [-0.2, 0) is 13.1 Å². The molecule has 0 aliphatic carbocycles. The fourth-order valence-corrected chi connectivity index (χ4v) is 3.25. The molecule has 5 nitrogen and oxygen atoms in total. The number of carbonyl (C=O) groups excluding carboxylic acids is 1. The summed E-state index contributed by atoms with van der Waals surface area (Å²) in [6.45, 7) is 2.26. The number of aromatic nitrogens is 1. The SMILES string of the molecule is Cc1ccc2cc(CN(Cc3ccc(F)cc3)C(=O)c3ccco3)c(=O)[nH]c2c1. The minimum Gasteiger partial charge on any atom is -0.459 e. The topological polar surface area (TPSA) is 66.3 Å². The number of rotatable bonds is 5. The largest absolute Gasteiger partial charge is 0.459 e. The summed E-state index contributed by atoms with van der Waals surface area (Å²) in [5, 5.41) is 0.886. The van der Waals surface area contributed by atoms with E-state index in [2.05, 4.69) is 4.98 Å². The molecule has 0 bridgehead atoms. The van der Waals surface area contributed by atoms with E-state index in [0.717, 1.165) is 22.0 Å². The summed E-state index contributed by atoms with van der Waals surface area (Å²) in [4.78, 5) is 30.0. The van der Waals surface area contributed by atoms with Crippen LogP contribution in [0.1, 0.15) is 27.2 Å². The van der Waals surface area contributed by atoms with Crippen molar-refractivity contribution in [1.82, 2.24) is 9.88 Å². The predicted octanol–water partition coefficient (Wildman–Crippen LogP) is 4.41. The van der Waals surface area contributed by atoms with E-state index in [1.807, 2.05) is 25.1 Å². The van der Waals surface area contributed by atoms with E-state index < -0.39 is 0 Å². The first-order valence-electron chi connectivity index (χ1n) is 9.19. The summed E-state index contributed by atoms with van der Waals surface area (Å²) >= 11 is 0. The van der Waals surface area contributed by atoms with Crippen LogP contribution in [0.3, 0.4) is 0 Å². The average Bonchev–Trinajstić information content (AvgIpc) is 3.24. The molecule has 0 unspecified atom stereocenters. The van der Waals surface area contributed by atoms with Crippen molar-refractivity contribution in [1.29, 1.82) is 0 Å². The van der Waals surface area contributed by atoms with Crippen molar-refractivity contribution in [3.63, 3.8) is 0 Å². The smallest absolute Gasteiger partial charge is 0.290 e. The molecule has 2 aromatic heterocycles. The van der Waals surface area contributed by atoms with Gasteiger partial charge in [0.15, 0.2) is 5.76 Å². The van der Waals surface area contributed by atoms with Crippen LogP contribution in [0.4, 0.5) is 4.39 Å². The van der Waals surface area contributed by atoms with Crippen LogP contribution < -0.4 is 5.56 Å². The second-order valence-electron chi connectivity index (χ2n) is 6.98. The Balaban J connectivity index is 1.69. The monoisotopic (exact) mass is 390 g/mol. The first kappa shape index (κ1) is 18.7. The van der Waals surface area contributed by atoms with Gasteiger partial charge in [-0.15, -0.1) is 0 Å². The molecule has 2 heterocycles. The van der Waals surface area contributed by atoms with Crippen molar-refractivity contribution in [2.45, 2.75) is 20.0 Å². The summed E-state index contributed by atoms with van der Waals surface area (Å²) in [6, 6.07) is 16.7. The van der Waals surface area contributed by atoms with Crippen molar-refractivity contribution in [2.24, 2.45) is 0 Å². The Hall–Kier alpha value is -3.67. The number of fused-ring (bicyclic) bond motifs is 1. The summed E-state index contributed by atoms with van der Waals surface area (Å²) in [5.74, 6) is -0.512. The van der Waals surface area contributed by atoms with Gasteiger partial charge in [0.25, 0.3) is 11.5 Å². The Morgan fingerprint density at radius 3 is 2.59 bits per heavy atom. The molecule has 0 saturated heterocycles. The molecule has 0 atom stereocenters. The molecule has 4 rings (SSSR count). The van der Waals surface area contributed by atoms with E-state index >= 15 is 0 Å². The summed E-state index contributed by atoms with van der Waals surface area (Å²) < 4.78 is 18.5. The Morgan fingerprint density at radius 2 is 1.86 bits per heavy atom. The van der Waals surface area contributed by atoms with Crippen LogP contribution >= 0.6 is 0 Å². The zero-order valence-corrected chi connectivity index (χ0v) is 15.8. The molecule has 2 aromatic carbocycles. The Morgan fingerprint density at radius 1 is 1.07 bits per heavy atom. The second-order valence-corrected chi connectivity index (χ2v) is 6.98. The molecule has 0 saturated carbocycles. The minimum absolute atomic E-state index is 0.0933. The van der Waals surface area contributed by atoms with E-state index in [1.165, 1.54) is 23.3 Å². The first-order valence-corrected chi connectivity index (χ1v) is 9.19. The van der Waals surface area contributed by atoms with Gasteiger partial charge in [-0.3, -0.25) is 9.59 Å². The first-order chi connectivity index (χ1) is 14.0. The van der Waals surface area contributed by atoms with Crippen molar-refractivity contribution >= 4 is 16.8 Å². The quantitative estimate of drug-likeness (QED) is 0.549. The number of H-pyrrole nitrogens is 1. The summed E-state index contributed by atoms with van der Waals surface area (Å²) in [7, 11) is 0. The number of pyridine rings is 1. The molecule has 6 heteroatoms. The van der Waals surface area contributed by atoms with E-state index in [0.29, 0.717) is 5.56 Å². The van der Waals surface area contributed by atoms with E-state index in [-0.39, 0.29) is 36.1 Å². The summed E-state index contributed by atoms with van der Waals surface area (Å²) in [6.07, 6.45) is 1.43. The fourth-order valence-electron chi connectivity index (χ4n) is 3.25. The Labute approximate surface area is 166 Å². The van der Waals surface area contributed by atoms with E-state index in [4.69, 9.17) is 4.42 Å². The van der Waals surface area contributed by atoms with Crippen LogP contribution in [0.15, 0.2) is 76.1 Å². The highest BCUT2D eigenvalue weighted by atomic mass is 19.1. The van der Waals surface area contributed by atoms with Crippen molar-refractivity contribution in [2.75, 3.05) is 0 Å². The normalized spacial score (nSPS) is 11.0. The third-order valence-corrected chi connectivity index (χ3v) is 4.75. The van der Waals surface area contributed by atoms with Crippen LogP contribution in [0.25, 0.3) is 10.9 Å². The van der Waals surface area contributed by atoms with Gasteiger partial charge >= 0.3 is 0 Å².